The molecule has 2 fully saturated rings. The number of benzene rings is 1. The van der Waals surface area contributed by atoms with Gasteiger partial charge in [0.2, 0.25) is 11.8 Å². The van der Waals surface area contributed by atoms with Crippen LogP contribution in [0.1, 0.15) is 83.5 Å². The van der Waals surface area contributed by atoms with Crippen LogP contribution in [0, 0.1) is 31.6 Å². The Morgan fingerprint density at radius 2 is 1.80 bits per heavy atom. The molecule has 0 saturated carbocycles. The molecule has 8 heteroatoms. The average molecular weight is 587 g/mol. The number of hydrogen-bond donors (Lipinski definition) is 1. The van der Waals surface area contributed by atoms with Crippen molar-refractivity contribution in [1.29, 1.82) is 0 Å². The molecule has 0 spiro atoms. The summed E-state index contributed by atoms with van der Waals surface area (Å²) in [6.07, 6.45) is 5.16. The fraction of sp³-hybridized carbons (Fsp3) is 0.667. The minimum atomic E-state index is -0.363. The molecule has 2 amide bonds. The molecule has 1 aromatic carbocycles. The minimum Gasteiger partial charge on any atom is -0.493 e. The van der Waals surface area contributed by atoms with Gasteiger partial charge in [-0.3, -0.25) is 14.6 Å². The van der Waals surface area contributed by atoms with E-state index in [1.807, 2.05) is 44.7 Å². The van der Waals surface area contributed by atoms with E-state index in [9.17, 15) is 9.59 Å². The molecule has 2 atom stereocenters. The summed E-state index contributed by atoms with van der Waals surface area (Å²) in [5.74, 6) is 1.82. The number of carbonyl (C=O) groups is 2. The van der Waals surface area contributed by atoms with E-state index < -0.39 is 0 Å². The van der Waals surface area contributed by atoms with Crippen LogP contribution >= 0.6 is 11.3 Å². The van der Waals surface area contributed by atoms with Crippen molar-refractivity contribution in [2.45, 2.75) is 93.2 Å². The van der Waals surface area contributed by atoms with Gasteiger partial charge in [-0.15, -0.1) is 11.3 Å². The molecular weight excluding hydrogens is 532 g/mol. The molecule has 0 aliphatic carbocycles. The van der Waals surface area contributed by atoms with E-state index in [1.54, 1.807) is 16.2 Å². The van der Waals surface area contributed by atoms with Gasteiger partial charge >= 0.3 is 0 Å². The van der Waals surface area contributed by atoms with Crippen LogP contribution in [-0.4, -0.2) is 65.9 Å². The first-order valence-electron chi connectivity index (χ1n) is 15.5. The van der Waals surface area contributed by atoms with Gasteiger partial charge in [-0.25, -0.2) is 0 Å². The Morgan fingerprint density at radius 3 is 2.39 bits per heavy atom. The summed E-state index contributed by atoms with van der Waals surface area (Å²) in [5.41, 5.74) is 5.08. The van der Waals surface area contributed by atoms with Gasteiger partial charge in [-0.1, -0.05) is 46.8 Å². The second kappa shape index (κ2) is 18.2. The number of nitrogens with zero attached hydrogens (tertiary/aromatic N) is 3. The highest BCUT2D eigenvalue weighted by molar-refractivity contribution is 7.07. The fourth-order valence-electron chi connectivity index (χ4n) is 5.05. The topological polar surface area (TPSA) is 74.8 Å². The van der Waals surface area contributed by atoms with Crippen molar-refractivity contribution in [2.75, 3.05) is 33.3 Å². The van der Waals surface area contributed by atoms with Gasteiger partial charge in [0.1, 0.15) is 11.8 Å². The van der Waals surface area contributed by atoms with Gasteiger partial charge in [0.15, 0.2) is 0 Å². The maximum Gasteiger partial charge on any atom is 0.243 e. The predicted molar refractivity (Wildman–Crippen MR) is 170 cm³/mol. The maximum absolute atomic E-state index is 13.0. The number of rotatable bonds is 9. The Bertz CT molecular complexity index is 1040. The fourth-order valence-corrected chi connectivity index (χ4v) is 5.60. The van der Waals surface area contributed by atoms with Crippen LogP contribution < -0.4 is 10.1 Å². The normalized spacial score (nSPS) is 18.2. The van der Waals surface area contributed by atoms with Crippen molar-refractivity contribution in [3.05, 3.63) is 45.9 Å². The molecule has 1 aromatic heterocycles. The second-order valence-electron chi connectivity index (χ2n) is 11.6. The molecular formula is C33H54N4O3S. The molecule has 4 rings (SSSR count). The lowest BCUT2D eigenvalue weighted by Gasteiger charge is -2.29. The lowest BCUT2D eigenvalue weighted by molar-refractivity contribution is -0.142. The van der Waals surface area contributed by atoms with Crippen molar-refractivity contribution in [2.24, 2.45) is 17.8 Å². The van der Waals surface area contributed by atoms with E-state index in [1.165, 1.54) is 25.9 Å². The summed E-state index contributed by atoms with van der Waals surface area (Å²) in [5, 5.41) is 5.09. The van der Waals surface area contributed by atoms with E-state index in [4.69, 9.17) is 4.74 Å². The zero-order chi connectivity index (χ0) is 30.4. The lowest BCUT2D eigenvalue weighted by atomic mass is 9.94. The number of likely N-dealkylation sites (tertiary alicyclic amines) is 2. The maximum atomic E-state index is 13.0. The first-order chi connectivity index (χ1) is 19.7. The standard InChI is InChI=1S/C27H43N3O3.C4H5NS.C2H6/c1-19(2)21(4)27(32)30-13-6-7-24(30)26(31)28-18-23-9-8-20(3)17-25(23)33-16-12-22-10-14-29(5)15-11-22;1-4-2-6-3-5-4;1-2/h8-9,17,19,21-22,24H,6-7,10-16,18H2,1-5H3,(H,28,31);2-3H,1H3;1-2H3. The monoisotopic (exact) mass is 586 g/mol. The molecule has 2 unspecified atom stereocenters. The molecule has 0 bridgehead atoms. The molecule has 3 heterocycles. The zero-order valence-electron chi connectivity index (χ0n) is 26.7. The molecule has 2 aliphatic rings. The van der Waals surface area contributed by atoms with Gasteiger partial charge < -0.3 is 19.9 Å². The number of hydrogen-bond acceptors (Lipinski definition) is 6. The van der Waals surface area contributed by atoms with Crippen molar-refractivity contribution in [3.8, 4) is 5.75 Å². The summed E-state index contributed by atoms with van der Waals surface area (Å²) in [6, 6.07) is 5.80. The van der Waals surface area contributed by atoms with Crippen LogP contribution in [0.3, 0.4) is 0 Å². The van der Waals surface area contributed by atoms with Gasteiger partial charge in [-0.2, -0.15) is 0 Å². The SMILES string of the molecule is CC.Cc1ccc(CNC(=O)C2CCCN2C(=O)C(C)C(C)C)c(OCCC2CCN(C)CC2)c1.Cc1cscn1. The average Bonchev–Trinajstić information content (AvgIpc) is 3.66. The third kappa shape index (κ3) is 11.4. The Labute approximate surface area is 253 Å². The Kier molecular flexibility index (Phi) is 15.4. The Hall–Kier alpha value is -2.45. The van der Waals surface area contributed by atoms with Crippen LogP contribution in [0.4, 0.5) is 0 Å². The van der Waals surface area contributed by atoms with Gasteiger partial charge in [0.05, 0.1) is 12.1 Å². The molecule has 1 N–H and O–H groups in total. The smallest absolute Gasteiger partial charge is 0.243 e. The Balaban J connectivity index is 0.000000640. The molecule has 41 heavy (non-hydrogen) atoms. The summed E-state index contributed by atoms with van der Waals surface area (Å²) in [7, 11) is 2.19. The highest BCUT2D eigenvalue weighted by Crippen LogP contribution is 2.25. The molecule has 7 nitrogen and oxygen atoms in total. The lowest BCUT2D eigenvalue weighted by Crippen LogP contribution is -2.48. The predicted octanol–water partition coefficient (Wildman–Crippen LogP) is 6.48. The van der Waals surface area contributed by atoms with Gasteiger partial charge in [0, 0.05) is 35.6 Å². The van der Waals surface area contributed by atoms with Crippen molar-refractivity contribution < 1.29 is 14.3 Å². The van der Waals surface area contributed by atoms with Crippen molar-refractivity contribution in [1.82, 2.24) is 20.1 Å². The van der Waals surface area contributed by atoms with Crippen LogP contribution in [0.5, 0.6) is 5.75 Å². The third-order valence-electron chi connectivity index (χ3n) is 8.08. The van der Waals surface area contributed by atoms with Crippen LogP contribution in [0.25, 0.3) is 0 Å². The molecule has 0 radical (unpaired) electrons. The van der Waals surface area contributed by atoms with Gasteiger partial charge in [-0.05, 0) is 89.6 Å². The molecule has 230 valence electrons. The number of nitrogens with one attached hydrogen (secondary N) is 1. The summed E-state index contributed by atoms with van der Waals surface area (Å²) < 4.78 is 6.19. The molecule has 2 aromatic rings. The number of aryl methyl sites for hydroxylation is 2. The van der Waals surface area contributed by atoms with Crippen molar-refractivity contribution in [3.63, 3.8) is 0 Å². The van der Waals surface area contributed by atoms with E-state index in [-0.39, 0.29) is 29.7 Å². The molecule has 2 saturated heterocycles. The number of aromatic nitrogens is 1. The number of carbonyl (C=O) groups excluding carboxylic acids is 2. The number of ether oxygens (including phenoxy) is 1. The number of thiazole rings is 1. The van der Waals surface area contributed by atoms with E-state index in [2.05, 4.69) is 55.2 Å². The third-order valence-corrected chi connectivity index (χ3v) is 8.79. The number of piperidine rings is 1. The van der Waals surface area contributed by atoms with Gasteiger partial charge in [0.25, 0.3) is 0 Å². The second-order valence-corrected chi connectivity index (χ2v) is 12.3. The minimum absolute atomic E-state index is 0.0605. The highest BCUT2D eigenvalue weighted by atomic mass is 32.1. The van der Waals surface area contributed by atoms with Crippen LogP contribution in [0.15, 0.2) is 29.1 Å². The first kappa shape index (κ1) is 34.7. The van der Waals surface area contributed by atoms with Crippen LogP contribution in [-0.2, 0) is 16.1 Å². The quantitative estimate of drug-likeness (QED) is 0.364. The molecule has 2 aliphatic heterocycles. The summed E-state index contributed by atoms with van der Waals surface area (Å²) in [6.45, 7) is 18.2. The highest BCUT2D eigenvalue weighted by Gasteiger charge is 2.36. The Morgan fingerprint density at radius 1 is 1.10 bits per heavy atom. The van der Waals surface area contributed by atoms with Crippen LogP contribution in [0.2, 0.25) is 0 Å². The number of amides is 2. The summed E-state index contributed by atoms with van der Waals surface area (Å²) >= 11 is 1.63. The largest absolute Gasteiger partial charge is 0.493 e. The van der Waals surface area contributed by atoms with Crippen molar-refractivity contribution >= 4 is 23.2 Å². The van der Waals surface area contributed by atoms with E-state index in [0.29, 0.717) is 19.7 Å². The first-order valence-corrected chi connectivity index (χ1v) is 16.4. The van der Waals surface area contributed by atoms with E-state index >= 15 is 0 Å². The summed E-state index contributed by atoms with van der Waals surface area (Å²) in [4.78, 5) is 34.0. The zero-order valence-corrected chi connectivity index (χ0v) is 27.6. The van der Waals surface area contributed by atoms with E-state index in [0.717, 1.165) is 47.8 Å².